The van der Waals surface area contributed by atoms with Gasteiger partial charge in [-0.3, -0.25) is 0 Å². The van der Waals surface area contributed by atoms with Crippen molar-refractivity contribution in [2.24, 2.45) is 0 Å². The molecule has 0 bridgehead atoms. The number of nitrogens with one attached hydrogen (secondary N) is 1. The number of hydrogen-bond acceptors (Lipinski definition) is 3. The third-order valence-corrected chi connectivity index (χ3v) is 3.27. The topological polar surface area (TPSA) is 41.6 Å². The molecule has 0 aromatic rings. The molecule has 1 heterocycles. The van der Waals surface area contributed by atoms with Gasteiger partial charge < -0.3 is 15.0 Å². The largest absolute Gasteiger partial charge is 0.453 e. The second-order valence-corrected chi connectivity index (χ2v) is 4.48. The summed E-state index contributed by atoms with van der Waals surface area (Å²) in [6.45, 7) is 1.89. The fraction of sp³-hybridized carbons (Fsp3) is 0.909. The van der Waals surface area contributed by atoms with Gasteiger partial charge in [-0.25, -0.2) is 4.79 Å². The molecule has 86 valence electrons. The summed E-state index contributed by atoms with van der Waals surface area (Å²) in [4.78, 5) is 13.3. The molecular weight excluding hydrogens is 192 g/mol. The SMILES string of the molecule is COC(=O)N1CCCC1CCNC1CC1. The Kier molecular flexibility index (Phi) is 3.46. The van der Waals surface area contributed by atoms with E-state index in [0.29, 0.717) is 6.04 Å². The molecule has 4 heteroatoms. The van der Waals surface area contributed by atoms with Crippen LogP contribution < -0.4 is 5.32 Å². The molecule has 0 radical (unpaired) electrons. The van der Waals surface area contributed by atoms with Crippen LogP contribution in [0.25, 0.3) is 0 Å². The van der Waals surface area contributed by atoms with Gasteiger partial charge in [-0.1, -0.05) is 0 Å². The maximum atomic E-state index is 11.4. The Morgan fingerprint density at radius 2 is 2.27 bits per heavy atom. The number of nitrogens with zero attached hydrogens (tertiary/aromatic N) is 1. The highest BCUT2D eigenvalue weighted by Crippen LogP contribution is 2.22. The predicted octanol–water partition coefficient (Wildman–Crippen LogP) is 1.36. The summed E-state index contributed by atoms with van der Waals surface area (Å²) in [5.74, 6) is 0. The first kappa shape index (κ1) is 10.7. The quantitative estimate of drug-likeness (QED) is 0.765. The number of ether oxygens (including phenoxy) is 1. The minimum Gasteiger partial charge on any atom is -0.453 e. The van der Waals surface area contributed by atoms with E-state index in [-0.39, 0.29) is 6.09 Å². The zero-order valence-electron chi connectivity index (χ0n) is 9.37. The molecule has 0 spiro atoms. The zero-order valence-corrected chi connectivity index (χ0v) is 9.37. The molecule has 0 aromatic heterocycles. The summed E-state index contributed by atoms with van der Waals surface area (Å²) in [5, 5.41) is 3.48. The molecular formula is C11H20N2O2. The van der Waals surface area contributed by atoms with E-state index in [1.165, 1.54) is 20.0 Å². The zero-order chi connectivity index (χ0) is 10.7. The molecule has 1 N–H and O–H groups in total. The molecule has 4 nitrogen and oxygen atoms in total. The molecule has 2 fully saturated rings. The van der Waals surface area contributed by atoms with Gasteiger partial charge in [0.1, 0.15) is 0 Å². The minimum absolute atomic E-state index is 0.163. The van der Waals surface area contributed by atoms with Crippen molar-refractivity contribution in [1.29, 1.82) is 0 Å². The van der Waals surface area contributed by atoms with E-state index in [1.807, 2.05) is 4.90 Å². The highest BCUT2D eigenvalue weighted by atomic mass is 16.5. The first-order valence-electron chi connectivity index (χ1n) is 5.89. The minimum atomic E-state index is -0.163. The number of carbonyl (C=O) groups excluding carboxylic acids is 1. The van der Waals surface area contributed by atoms with Gasteiger partial charge in [0.15, 0.2) is 0 Å². The molecule has 1 unspecified atom stereocenters. The van der Waals surface area contributed by atoms with Crippen molar-refractivity contribution < 1.29 is 9.53 Å². The highest BCUT2D eigenvalue weighted by molar-refractivity contribution is 5.68. The average Bonchev–Trinajstić information content (AvgIpc) is 2.95. The molecule has 2 rings (SSSR count). The Hall–Kier alpha value is -0.770. The lowest BCUT2D eigenvalue weighted by molar-refractivity contribution is 0.117. The molecule has 1 saturated carbocycles. The molecule has 1 aliphatic heterocycles. The number of hydrogen-bond donors (Lipinski definition) is 1. The van der Waals surface area contributed by atoms with Gasteiger partial charge >= 0.3 is 6.09 Å². The van der Waals surface area contributed by atoms with Crippen LogP contribution in [0.2, 0.25) is 0 Å². The predicted molar refractivity (Wildman–Crippen MR) is 57.8 cm³/mol. The van der Waals surface area contributed by atoms with Crippen molar-refractivity contribution >= 4 is 6.09 Å². The van der Waals surface area contributed by atoms with Crippen molar-refractivity contribution in [2.45, 2.75) is 44.2 Å². The summed E-state index contributed by atoms with van der Waals surface area (Å²) in [5.41, 5.74) is 0. The maximum Gasteiger partial charge on any atom is 0.409 e. The van der Waals surface area contributed by atoms with Crippen molar-refractivity contribution in [2.75, 3.05) is 20.2 Å². The highest BCUT2D eigenvalue weighted by Gasteiger charge is 2.29. The second kappa shape index (κ2) is 4.84. The molecule has 15 heavy (non-hydrogen) atoms. The lowest BCUT2D eigenvalue weighted by Crippen LogP contribution is -2.37. The summed E-state index contributed by atoms with van der Waals surface area (Å²) in [6.07, 6.45) is 5.79. The van der Waals surface area contributed by atoms with E-state index >= 15 is 0 Å². The Morgan fingerprint density at radius 3 is 2.93 bits per heavy atom. The van der Waals surface area contributed by atoms with Crippen LogP contribution in [0.3, 0.4) is 0 Å². The fourth-order valence-corrected chi connectivity index (χ4v) is 2.23. The smallest absolute Gasteiger partial charge is 0.409 e. The van der Waals surface area contributed by atoms with E-state index in [2.05, 4.69) is 5.32 Å². The van der Waals surface area contributed by atoms with Gasteiger partial charge in [-0.05, 0) is 38.6 Å². The first-order chi connectivity index (χ1) is 7.31. The van der Waals surface area contributed by atoms with E-state index in [1.54, 1.807) is 0 Å². The van der Waals surface area contributed by atoms with Crippen LogP contribution in [-0.4, -0.2) is 43.3 Å². The molecule has 1 amide bonds. The van der Waals surface area contributed by atoms with Crippen molar-refractivity contribution in [3.63, 3.8) is 0 Å². The van der Waals surface area contributed by atoms with Crippen LogP contribution in [0.15, 0.2) is 0 Å². The summed E-state index contributed by atoms with van der Waals surface area (Å²) in [6, 6.07) is 1.15. The van der Waals surface area contributed by atoms with E-state index in [4.69, 9.17) is 4.74 Å². The summed E-state index contributed by atoms with van der Waals surface area (Å²) in [7, 11) is 1.46. The summed E-state index contributed by atoms with van der Waals surface area (Å²) < 4.78 is 4.77. The molecule has 1 atom stereocenters. The van der Waals surface area contributed by atoms with Crippen molar-refractivity contribution in [1.82, 2.24) is 10.2 Å². The third-order valence-electron chi connectivity index (χ3n) is 3.27. The van der Waals surface area contributed by atoms with Gasteiger partial charge in [-0.15, -0.1) is 0 Å². The normalized spacial score (nSPS) is 25.7. The molecule has 1 saturated heterocycles. The Bertz CT molecular complexity index is 229. The Balaban J connectivity index is 1.71. The first-order valence-corrected chi connectivity index (χ1v) is 5.89. The fourth-order valence-electron chi connectivity index (χ4n) is 2.23. The van der Waals surface area contributed by atoms with Gasteiger partial charge in [0.05, 0.1) is 7.11 Å². The Labute approximate surface area is 91.0 Å². The molecule has 0 aromatic carbocycles. The summed E-state index contributed by atoms with van der Waals surface area (Å²) >= 11 is 0. The van der Waals surface area contributed by atoms with Gasteiger partial charge in [0.25, 0.3) is 0 Å². The molecule has 2 aliphatic rings. The lowest BCUT2D eigenvalue weighted by atomic mass is 10.1. The van der Waals surface area contributed by atoms with Gasteiger partial charge in [0, 0.05) is 18.6 Å². The number of likely N-dealkylation sites (tertiary alicyclic amines) is 1. The van der Waals surface area contributed by atoms with Crippen LogP contribution in [0.4, 0.5) is 4.79 Å². The maximum absolute atomic E-state index is 11.4. The van der Waals surface area contributed by atoms with Crippen LogP contribution in [0.5, 0.6) is 0 Å². The van der Waals surface area contributed by atoms with Crippen molar-refractivity contribution in [3.8, 4) is 0 Å². The van der Waals surface area contributed by atoms with Gasteiger partial charge in [-0.2, -0.15) is 0 Å². The van der Waals surface area contributed by atoms with Crippen LogP contribution in [0.1, 0.15) is 32.1 Å². The van der Waals surface area contributed by atoms with Crippen molar-refractivity contribution in [3.05, 3.63) is 0 Å². The van der Waals surface area contributed by atoms with Crippen LogP contribution in [-0.2, 0) is 4.74 Å². The number of amides is 1. The number of rotatable bonds is 4. The molecule has 1 aliphatic carbocycles. The van der Waals surface area contributed by atoms with Gasteiger partial charge in [0.2, 0.25) is 0 Å². The second-order valence-electron chi connectivity index (χ2n) is 4.48. The Morgan fingerprint density at radius 1 is 1.47 bits per heavy atom. The standard InChI is InChI=1S/C11H20N2O2/c1-15-11(14)13-8-2-3-10(13)6-7-12-9-4-5-9/h9-10,12H,2-8H2,1H3. The monoisotopic (exact) mass is 212 g/mol. The van der Waals surface area contributed by atoms with E-state index in [9.17, 15) is 4.79 Å². The number of methoxy groups -OCH3 is 1. The van der Waals surface area contributed by atoms with E-state index in [0.717, 1.165) is 38.4 Å². The third kappa shape index (κ3) is 2.84. The van der Waals surface area contributed by atoms with Crippen LogP contribution >= 0.6 is 0 Å². The van der Waals surface area contributed by atoms with Crippen LogP contribution in [0, 0.1) is 0 Å². The van der Waals surface area contributed by atoms with E-state index < -0.39 is 0 Å². The average molecular weight is 212 g/mol. The lowest BCUT2D eigenvalue weighted by Gasteiger charge is -2.23. The number of carbonyl (C=O) groups is 1.